The Labute approximate surface area is 112 Å². The quantitative estimate of drug-likeness (QED) is 0.810. The Morgan fingerprint density at radius 3 is 2.50 bits per heavy atom. The second-order valence-corrected chi connectivity index (χ2v) is 4.70. The maximum Gasteiger partial charge on any atom is 0.410 e. The van der Waals surface area contributed by atoms with Gasteiger partial charge >= 0.3 is 6.18 Å². The van der Waals surface area contributed by atoms with E-state index in [4.69, 9.17) is 0 Å². The van der Waals surface area contributed by atoms with Crippen molar-refractivity contribution < 1.29 is 17.6 Å². The number of hydrogen-bond donors (Lipinski definition) is 1. The van der Waals surface area contributed by atoms with Gasteiger partial charge in [-0.15, -0.1) is 0 Å². The second kappa shape index (κ2) is 4.50. The Bertz CT molecular complexity index is 603. The molecule has 20 heavy (non-hydrogen) atoms. The fourth-order valence-corrected chi connectivity index (χ4v) is 2.42. The van der Waals surface area contributed by atoms with E-state index in [1.54, 1.807) is 0 Å². The third-order valence-electron chi connectivity index (χ3n) is 3.40. The molecule has 0 saturated heterocycles. The lowest BCUT2D eigenvalue weighted by atomic mass is 9.97. The summed E-state index contributed by atoms with van der Waals surface area (Å²) in [7, 11) is 0. The molecule has 0 spiro atoms. The second-order valence-electron chi connectivity index (χ2n) is 4.70. The smallest absolute Gasteiger partial charge is 0.363 e. The Kier molecular flexibility index (Phi) is 2.92. The molecule has 0 fully saturated rings. The minimum absolute atomic E-state index is 0.177. The minimum atomic E-state index is -4.37. The molecule has 2 heterocycles. The highest BCUT2D eigenvalue weighted by Gasteiger charge is 2.46. The molecule has 1 N–H and O–H groups in total. The van der Waals surface area contributed by atoms with Gasteiger partial charge in [0, 0.05) is 12.5 Å². The van der Waals surface area contributed by atoms with Crippen LogP contribution in [0.25, 0.3) is 0 Å². The van der Waals surface area contributed by atoms with Gasteiger partial charge in [0.25, 0.3) is 0 Å². The zero-order valence-electron chi connectivity index (χ0n) is 10.2. The largest absolute Gasteiger partial charge is 0.410 e. The molecule has 7 heteroatoms. The van der Waals surface area contributed by atoms with Crippen molar-refractivity contribution in [2.24, 2.45) is 0 Å². The number of rotatable bonds is 1. The van der Waals surface area contributed by atoms with Crippen LogP contribution in [0.2, 0.25) is 0 Å². The molecule has 0 bridgehead atoms. The van der Waals surface area contributed by atoms with Gasteiger partial charge in [-0.3, -0.25) is 0 Å². The third-order valence-corrected chi connectivity index (χ3v) is 3.40. The number of halogens is 4. The van der Waals surface area contributed by atoms with E-state index in [1.807, 2.05) is 0 Å². The number of nitrogens with zero attached hydrogens (tertiary/aromatic N) is 2. The normalized spacial score (nSPS) is 22.2. The summed E-state index contributed by atoms with van der Waals surface area (Å²) < 4.78 is 53.1. The molecule has 0 saturated carbocycles. The first kappa shape index (κ1) is 13.0. The Balaban J connectivity index is 1.95. The van der Waals surface area contributed by atoms with Gasteiger partial charge in [-0.05, 0) is 17.7 Å². The molecule has 3 rings (SSSR count). The predicted octanol–water partition coefficient (Wildman–Crippen LogP) is 3.68. The van der Waals surface area contributed by atoms with Gasteiger partial charge in [0.05, 0.1) is 12.2 Å². The molecule has 0 unspecified atom stereocenters. The number of fused-ring (bicyclic) bond motifs is 1. The van der Waals surface area contributed by atoms with Crippen molar-refractivity contribution in [3.05, 3.63) is 47.9 Å². The lowest BCUT2D eigenvalue weighted by Crippen LogP contribution is -2.35. The molecular weight excluding hydrogens is 274 g/mol. The van der Waals surface area contributed by atoms with Crippen molar-refractivity contribution in [3.8, 4) is 0 Å². The van der Waals surface area contributed by atoms with E-state index in [0.717, 1.165) is 4.68 Å². The molecule has 1 aromatic heterocycles. The van der Waals surface area contributed by atoms with Crippen molar-refractivity contribution in [1.29, 1.82) is 0 Å². The van der Waals surface area contributed by atoms with E-state index in [1.165, 1.54) is 36.5 Å². The van der Waals surface area contributed by atoms with E-state index in [2.05, 4.69) is 10.4 Å². The number of benzene rings is 1. The first-order chi connectivity index (χ1) is 9.45. The van der Waals surface area contributed by atoms with Gasteiger partial charge in [0.2, 0.25) is 0 Å². The Morgan fingerprint density at radius 1 is 1.15 bits per heavy atom. The summed E-state index contributed by atoms with van der Waals surface area (Å²) in [6.45, 7) is 0. The standard InChI is InChI=1S/C13H11F4N3/c14-9-3-1-8(2-4-9)10-7-11(13(15,16)17)20-12(19-10)5-6-18-20/h1-6,10-11,19H,7H2/t10-,11-/m0/s1. The summed E-state index contributed by atoms with van der Waals surface area (Å²) in [6, 6.07) is 4.76. The van der Waals surface area contributed by atoms with Crippen LogP contribution in [0.15, 0.2) is 36.5 Å². The first-order valence-corrected chi connectivity index (χ1v) is 6.07. The highest BCUT2D eigenvalue weighted by atomic mass is 19.4. The molecule has 106 valence electrons. The predicted molar refractivity (Wildman–Crippen MR) is 64.7 cm³/mol. The van der Waals surface area contributed by atoms with Gasteiger partial charge in [0.15, 0.2) is 6.04 Å². The van der Waals surface area contributed by atoms with Crippen LogP contribution in [0.4, 0.5) is 23.4 Å². The molecule has 0 radical (unpaired) electrons. The van der Waals surface area contributed by atoms with Gasteiger partial charge in [-0.25, -0.2) is 9.07 Å². The summed E-state index contributed by atoms with van der Waals surface area (Å²) in [5.41, 5.74) is 0.619. The van der Waals surface area contributed by atoms with Crippen LogP contribution in [0.3, 0.4) is 0 Å². The summed E-state index contributed by atoms with van der Waals surface area (Å²) in [5.74, 6) is -0.102. The Hall–Kier alpha value is -2.05. The molecule has 1 aliphatic heterocycles. The van der Waals surface area contributed by atoms with E-state index in [0.29, 0.717) is 11.4 Å². The molecular formula is C13H11F4N3. The topological polar surface area (TPSA) is 29.9 Å². The van der Waals surface area contributed by atoms with E-state index < -0.39 is 24.1 Å². The summed E-state index contributed by atoms with van der Waals surface area (Å²) in [5, 5.41) is 6.71. The molecule has 0 amide bonds. The zero-order chi connectivity index (χ0) is 14.3. The lowest BCUT2D eigenvalue weighted by Gasteiger charge is -2.33. The van der Waals surface area contributed by atoms with Crippen molar-refractivity contribution >= 4 is 5.82 Å². The number of alkyl halides is 3. The van der Waals surface area contributed by atoms with E-state index in [9.17, 15) is 17.6 Å². The van der Waals surface area contributed by atoms with Crippen molar-refractivity contribution in [2.75, 3.05) is 5.32 Å². The molecule has 3 nitrogen and oxygen atoms in total. The zero-order valence-corrected chi connectivity index (χ0v) is 10.2. The van der Waals surface area contributed by atoms with Crippen LogP contribution in [0.5, 0.6) is 0 Å². The van der Waals surface area contributed by atoms with E-state index >= 15 is 0 Å². The monoisotopic (exact) mass is 285 g/mol. The number of nitrogens with one attached hydrogen (secondary N) is 1. The van der Waals surface area contributed by atoms with Crippen LogP contribution >= 0.6 is 0 Å². The molecule has 0 aliphatic carbocycles. The molecule has 1 aromatic carbocycles. The number of hydrogen-bond acceptors (Lipinski definition) is 2. The van der Waals surface area contributed by atoms with Gasteiger partial charge in [-0.2, -0.15) is 18.3 Å². The SMILES string of the molecule is Fc1ccc([C@@H]2C[C@@H](C(F)(F)F)n3nccc3N2)cc1. The molecule has 1 aliphatic rings. The van der Waals surface area contributed by atoms with Crippen molar-refractivity contribution in [2.45, 2.75) is 24.7 Å². The van der Waals surface area contributed by atoms with Crippen molar-refractivity contribution in [1.82, 2.24) is 9.78 Å². The number of anilines is 1. The van der Waals surface area contributed by atoms with E-state index in [-0.39, 0.29) is 6.42 Å². The van der Waals surface area contributed by atoms with Gasteiger partial charge in [0.1, 0.15) is 11.6 Å². The fraction of sp³-hybridized carbons (Fsp3) is 0.308. The van der Waals surface area contributed by atoms with Crippen LogP contribution in [-0.4, -0.2) is 16.0 Å². The van der Waals surface area contributed by atoms with Crippen LogP contribution in [0, 0.1) is 5.82 Å². The maximum absolute atomic E-state index is 13.1. The highest BCUT2D eigenvalue weighted by Crippen LogP contribution is 2.43. The van der Waals surface area contributed by atoms with Gasteiger partial charge < -0.3 is 5.32 Å². The van der Waals surface area contributed by atoms with Crippen LogP contribution < -0.4 is 5.32 Å². The van der Waals surface area contributed by atoms with Crippen LogP contribution in [-0.2, 0) is 0 Å². The highest BCUT2D eigenvalue weighted by molar-refractivity contribution is 5.41. The summed E-state index contributed by atoms with van der Waals surface area (Å²) >= 11 is 0. The fourth-order valence-electron chi connectivity index (χ4n) is 2.42. The number of aromatic nitrogens is 2. The summed E-state index contributed by atoms with van der Waals surface area (Å²) in [6.07, 6.45) is -3.22. The molecule has 2 aromatic rings. The molecule has 2 atom stereocenters. The maximum atomic E-state index is 13.1. The van der Waals surface area contributed by atoms with Gasteiger partial charge in [-0.1, -0.05) is 12.1 Å². The third kappa shape index (κ3) is 2.23. The minimum Gasteiger partial charge on any atom is -0.363 e. The van der Waals surface area contributed by atoms with Crippen LogP contribution in [0.1, 0.15) is 24.1 Å². The first-order valence-electron chi connectivity index (χ1n) is 6.07. The Morgan fingerprint density at radius 2 is 1.85 bits per heavy atom. The summed E-state index contributed by atoms with van der Waals surface area (Å²) in [4.78, 5) is 0. The average molecular weight is 285 g/mol. The lowest BCUT2D eigenvalue weighted by molar-refractivity contribution is -0.173. The van der Waals surface area contributed by atoms with Crippen molar-refractivity contribution in [3.63, 3.8) is 0 Å². The average Bonchev–Trinajstić information content (AvgIpc) is 2.85.